The van der Waals surface area contributed by atoms with Crippen molar-refractivity contribution >= 4 is 12.1 Å². The molecule has 1 heterocycles. The molecule has 1 aliphatic heterocycles. The topological polar surface area (TPSA) is 91.0 Å². The van der Waals surface area contributed by atoms with Crippen molar-refractivity contribution < 1.29 is 9.90 Å². The van der Waals surface area contributed by atoms with Crippen molar-refractivity contribution in [1.29, 1.82) is 0 Å². The summed E-state index contributed by atoms with van der Waals surface area (Å²) in [5, 5.41) is 14.1. The van der Waals surface area contributed by atoms with Gasteiger partial charge in [-0.25, -0.2) is 4.99 Å². The maximum absolute atomic E-state index is 13.1. The molecule has 0 aromatic heterocycles. The normalized spacial score (nSPS) is 23.0. The molecular formula is C23H38N4O2. The molecule has 1 saturated carbocycles. The Balaban J connectivity index is 2.20. The van der Waals surface area contributed by atoms with Crippen LogP contribution in [0.5, 0.6) is 0 Å². The Bertz CT molecular complexity index is 687. The van der Waals surface area contributed by atoms with E-state index in [1.165, 1.54) is 12.0 Å². The summed E-state index contributed by atoms with van der Waals surface area (Å²) in [4.78, 5) is 19.1. The molecule has 2 fully saturated rings. The third-order valence-electron chi connectivity index (χ3n) is 6.11. The van der Waals surface area contributed by atoms with Gasteiger partial charge in [0.2, 0.25) is 0 Å². The van der Waals surface area contributed by atoms with Gasteiger partial charge >= 0.3 is 0 Å². The standard InChI is InChI=1S/C23H38N4O2/c1-6-9-19(20-10-8-14-25-20)17(3)11-15-27(21(28)23(29)12-13-23)22(5,7-2)16-26-18(4)24/h9,16,20,25,29H,3-4,6-8,10-15,24H2,1-2,5H3/b19-9+,26-16-/t20-,22?/m0/s1. The second kappa shape index (κ2) is 9.72. The van der Waals surface area contributed by atoms with Crippen molar-refractivity contribution in [3.63, 3.8) is 0 Å². The van der Waals surface area contributed by atoms with Crippen LogP contribution in [0.4, 0.5) is 0 Å². The molecule has 4 N–H and O–H groups in total. The number of nitrogens with one attached hydrogen (secondary N) is 1. The number of hydrogen-bond acceptors (Lipinski definition) is 5. The summed E-state index contributed by atoms with van der Waals surface area (Å²) in [5.74, 6) is -0.0316. The van der Waals surface area contributed by atoms with Crippen LogP contribution in [0.25, 0.3) is 0 Å². The molecule has 6 nitrogen and oxygen atoms in total. The summed E-state index contributed by atoms with van der Waals surface area (Å²) >= 11 is 0. The van der Waals surface area contributed by atoms with Crippen LogP contribution in [0.3, 0.4) is 0 Å². The minimum Gasteiger partial charge on any atom is -0.384 e. The van der Waals surface area contributed by atoms with Gasteiger partial charge in [0.05, 0.1) is 5.54 Å². The average molecular weight is 403 g/mol. The van der Waals surface area contributed by atoms with Crippen molar-refractivity contribution in [2.45, 2.75) is 82.9 Å². The van der Waals surface area contributed by atoms with E-state index in [0.717, 1.165) is 25.0 Å². The van der Waals surface area contributed by atoms with Crippen LogP contribution in [0.15, 0.2) is 41.2 Å². The number of amides is 1. The van der Waals surface area contributed by atoms with Gasteiger partial charge in [0, 0.05) is 18.8 Å². The summed E-state index contributed by atoms with van der Waals surface area (Å²) in [7, 11) is 0. The fraction of sp³-hybridized carbons (Fsp3) is 0.652. The van der Waals surface area contributed by atoms with E-state index in [1.54, 1.807) is 11.1 Å². The summed E-state index contributed by atoms with van der Waals surface area (Å²) in [5.41, 5.74) is 6.03. The van der Waals surface area contributed by atoms with Crippen molar-refractivity contribution in [1.82, 2.24) is 10.2 Å². The Kier molecular flexibility index (Phi) is 7.83. The maximum Gasteiger partial charge on any atom is 0.255 e. The van der Waals surface area contributed by atoms with Gasteiger partial charge in [0.1, 0.15) is 11.4 Å². The SMILES string of the molecule is C=C(N)/N=C\C(C)(CC)N(CCC(=C)/C(=C\CC)[C@@H]1CCCN1)C(=O)C1(O)CC1. The zero-order valence-electron chi connectivity index (χ0n) is 18.3. The van der Waals surface area contributed by atoms with E-state index < -0.39 is 11.1 Å². The van der Waals surface area contributed by atoms with Crippen LogP contribution in [0, 0.1) is 0 Å². The molecule has 0 aromatic rings. The van der Waals surface area contributed by atoms with Crippen LogP contribution in [0.1, 0.15) is 65.7 Å². The number of aliphatic imine (C=N–C) groups is 1. The fourth-order valence-corrected chi connectivity index (χ4v) is 3.84. The highest BCUT2D eigenvalue weighted by molar-refractivity contribution is 5.91. The molecule has 0 aromatic carbocycles. The first kappa shape index (κ1) is 23.4. The molecule has 1 aliphatic carbocycles. The Hall–Kier alpha value is -1.92. The first-order valence-corrected chi connectivity index (χ1v) is 10.8. The summed E-state index contributed by atoms with van der Waals surface area (Å²) in [6, 6.07) is 0.346. The second-order valence-electron chi connectivity index (χ2n) is 8.52. The number of hydrogen-bond donors (Lipinski definition) is 3. The molecule has 2 aliphatic rings. The van der Waals surface area contributed by atoms with Gasteiger partial charge in [0.25, 0.3) is 5.91 Å². The lowest BCUT2D eigenvalue weighted by molar-refractivity contribution is -0.146. The minimum absolute atomic E-state index is 0.201. The predicted octanol–water partition coefficient (Wildman–Crippen LogP) is 3.04. The quantitative estimate of drug-likeness (QED) is 0.366. The molecule has 2 atom stereocenters. The highest BCUT2D eigenvalue weighted by atomic mass is 16.3. The van der Waals surface area contributed by atoms with E-state index in [-0.39, 0.29) is 11.7 Å². The molecule has 0 spiro atoms. The first-order chi connectivity index (χ1) is 13.7. The van der Waals surface area contributed by atoms with Gasteiger partial charge in [-0.3, -0.25) is 4.79 Å². The smallest absolute Gasteiger partial charge is 0.255 e. The van der Waals surface area contributed by atoms with E-state index in [4.69, 9.17) is 5.73 Å². The largest absolute Gasteiger partial charge is 0.384 e. The number of aliphatic hydroxyl groups is 1. The zero-order valence-corrected chi connectivity index (χ0v) is 18.3. The zero-order chi connectivity index (χ0) is 21.7. The van der Waals surface area contributed by atoms with Crippen molar-refractivity contribution in [2.75, 3.05) is 13.1 Å². The predicted molar refractivity (Wildman–Crippen MR) is 120 cm³/mol. The summed E-state index contributed by atoms with van der Waals surface area (Å²) in [6.45, 7) is 15.5. The Morgan fingerprint density at radius 1 is 1.41 bits per heavy atom. The summed E-state index contributed by atoms with van der Waals surface area (Å²) < 4.78 is 0. The van der Waals surface area contributed by atoms with E-state index >= 15 is 0 Å². The van der Waals surface area contributed by atoms with Gasteiger partial charge in [-0.2, -0.15) is 0 Å². The van der Waals surface area contributed by atoms with Gasteiger partial charge in [0.15, 0.2) is 0 Å². The molecule has 2 rings (SSSR count). The molecule has 0 radical (unpaired) electrons. The monoisotopic (exact) mass is 402 g/mol. The van der Waals surface area contributed by atoms with Gasteiger partial charge in [-0.15, -0.1) is 0 Å². The highest BCUT2D eigenvalue weighted by Crippen LogP contribution is 2.39. The Morgan fingerprint density at radius 3 is 2.59 bits per heavy atom. The molecule has 1 amide bonds. The molecule has 1 unspecified atom stereocenters. The number of nitrogens with two attached hydrogens (primary N) is 1. The summed E-state index contributed by atoms with van der Waals surface area (Å²) in [6.07, 6.45) is 9.49. The molecule has 0 bridgehead atoms. The molecule has 29 heavy (non-hydrogen) atoms. The third kappa shape index (κ3) is 5.80. The number of rotatable bonds is 11. The molecule has 1 saturated heterocycles. The fourth-order valence-electron chi connectivity index (χ4n) is 3.84. The van der Waals surface area contributed by atoms with Crippen molar-refractivity contribution in [2.24, 2.45) is 10.7 Å². The van der Waals surface area contributed by atoms with Crippen LogP contribution >= 0.6 is 0 Å². The minimum atomic E-state index is -1.24. The van der Waals surface area contributed by atoms with Gasteiger partial charge in [-0.1, -0.05) is 33.1 Å². The number of allylic oxidation sites excluding steroid dienone is 1. The maximum atomic E-state index is 13.1. The van der Waals surface area contributed by atoms with Crippen LogP contribution in [-0.4, -0.2) is 52.4 Å². The molecular weight excluding hydrogens is 364 g/mol. The van der Waals surface area contributed by atoms with Crippen molar-refractivity contribution in [3.8, 4) is 0 Å². The lowest BCUT2D eigenvalue weighted by Crippen LogP contribution is -2.55. The van der Waals surface area contributed by atoms with Gasteiger partial charge < -0.3 is 21.1 Å². The van der Waals surface area contributed by atoms with Crippen LogP contribution in [0.2, 0.25) is 0 Å². The number of nitrogens with zero attached hydrogens (tertiary/aromatic N) is 2. The van der Waals surface area contributed by atoms with E-state index in [0.29, 0.717) is 38.3 Å². The van der Waals surface area contributed by atoms with Crippen LogP contribution in [-0.2, 0) is 4.79 Å². The molecule has 6 heteroatoms. The van der Waals surface area contributed by atoms with Crippen molar-refractivity contribution in [3.05, 3.63) is 36.2 Å². The van der Waals surface area contributed by atoms with E-state index in [9.17, 15) is 9.90 Å². The lowest BCUT2D eigenvalue weighted by Gasteiger charge is -2.40. The lowest BCUT2D eigenvalue weighted by atomic mass is 9.92. The third-order valence-corrected chi connectivity index (χ3v) is 6.11. The first-order valence-electron chi connectivity index (χ1n) is 10.8. The second-order valence-corrected chi connectivity index (χ2v) is 8.52. The average Bonchev–Trinajstić information content (AvgIpc) is 3.22. The van der Waals surface area contributed by atoms with E-state index in [1.807, 2.05) is 13.8 Å². The van der Waals surface area contributed by atoms with E-state index in [2.05, 4.69) is 36.5 Å². The Morgan fingerprint density at radius 2 is 2.10 bits per heavy atom. The number of carbonyl (C=O) groups excluding carboxylic acids is 1. The number of carbonyl (C=O) groups is 1. The highest BCUT2D eigenvalue weighted by Gasteiger charge is 2.52. The Labute approximate surface area is 175 Å². The van der Waals surface area contributed by atoms with Crippen LogP contribution < -0.4 is 11.1 Å². The molecule has 162 valence electrons. The van der Waals surface area contributed by atoms with Gasteiger partial charge in [-0.05, 0) is 69.6 Å².